The Morgan fingerprint density at radius 3 is 1.73 bits per heavy atom. The van der Waals surface area contributed by atoms with Crippen LogP contribution in [-0.4, -0.2) is 51.7 Å². The summed E-state index contributed by atoms with van der Waals surface area (Å²) in [5.74, 6) is -0.652. The van der Waals surface area contributed by atoms with Gasteiger partial charge >= 0.3 is 5.97 Å². The molecule has 1 saturated heterocycles. The van der Waals surface area contributed by atoms with Gasteiger partial charge in [0.1, 0.15) is 18.3 Å². The molecule has 0 radical (unpaired) electrons. The van der Waals surface area contributed by atoms with E-state index in [1.54, 1.807) is 30.3 Å². The average Bonchev–Trinajstić information content (AvgIpc) is 3.03. The fourth-order valence-electron chi connectivity index (χ4n) is 5.13. The molecule has 0 bridgehead atoms. The van der Waals surface area contributed by atoms with E-state index in [0.717, 1.165) is 29.3 Å². The fraction of sp³-hybridized carbons (Fsp3) is 0.424. The van der Waals surface area contributed by atoms with Crippen LogP contribution in [0, 0.1) is 0 Å². The van der Waals surface area contributed by atoms with E-state index in [2.05, 4.69) is 20.8 Å². The third-order valence-corrected chi connectivity index (χ3v) is 12.5. The minimum atomic E-state index is -2.00. The summed E-state index contributed by atoms with van der Waals surface area (Å²) in [5, 5.41) is 0. The monoisotopic (exact) mass is 580 g/mol. The first-order chi connectivity index (χ1) is 20.0. The molecule has 0 N–H and O–H groups in total. The first-order valence-electron chi connectivity index (χ1n) is 14.5. The molecule has 0 unspecified atom stereocenters. The summed E-state index contributed by atoms with van der Waals surface area (Å²) >= 11 is 0. The van der Waals surface area contributed by atoms with Crippen molar-refractivity contribution in [3.63, 3.8) is 0 Å². The minimum Gasteiger partial charge on any atom is -0.450 e. The fourth-order valence-corrected chi connectivity index (χ4v) is 7.76. The Labute approximate surface area is 243 Å². The number of hydrogen-bond donors (Lipinski definition) is 0. The smallest absolute Gasteiger partial charge is 0.338 e. The van der Waals surface area contributed by atoms with Gasteiger partial charge in [-0.1, -0.05) is 99.6 Å². The highest BCUT2D eigenvalue weighted by Gasteiger charge is 2.50. The van der Waals surface area contributed by atoms with Crippen molar-refractivity contribution in [2.45, 2.75) is 82.9 Å². The van der Waals surface area contributed by atoms with Crippen molar-refractivity contribution in [3.05, 3.63) is 108 Å². The van der Waals surface area contributed by atoms with Crippen LogP contribution in [0.4, 0.5) is 4.39 Å². The summed E-state index contributed by atoms with van der Waals surface area (Å²) < 4.78 is 46.9. The third-order valence-electron chi connectivity index (χ3n) is 7.89. The number of ether oxygens (including phenoxy) is 4. The molecular weight excluding hydrogens is 539 g/mol. The number of rotatable bonds is 14. The molecule has 6 nitrogen and oxygen atoms in total. The Balaban J connectivity index is 1.63. The SMILES string of the molecule is CC[Si](CC)(CC)OC[C@H]1O[C@@H](F)[C@H](OC(=O)c2ccccc2)[C@@H](OCc2ccccc2)[C@@H]1OCc1ccccc1. The summed E-state index contributed by atoms with van der Waals surface area (Å²) in [4.78, 5) is 13.1. The molecule has 5 atom stereocenters. The Kier molecular flexibility index (Phi) is 11.6. The van der Waals surface area contributed by atoms with E-state index in [1.807, 2.05) is 60.7 Å². The van der Waals surface area contributed by atoms with Gasteiger partial charge in [-0.15, -0.1) is 0 Å². The van der Waals surface area contributed by atoms with E-state index in [9.17, 15) is 4.79 Å². The highest BCUT2D eigenvalue weighted by Crippen LogP contribution is 2.32. The summed E-state index contributed by atoms with van der Waals surface area (Å²) in [6.07, 6.45) is -5.71. The molecule has 0 amide bonds. The van der Waals surface area contributed by atoms with Gasteiger partial charge in [-0.25, -0.2) is 9.18 Å². The van der Waals surface area contributed by atoms with E-state index < -0.39 is 45.1 Å². The molecule has 3 aromatic carbocycles. The quantitative estimate of drug-likeness (QED) is 0.150. The normalized spacial score (nSPS) is 22.8. The van der Waals surface area contributed by atoms with Crippen molar-refractivity contribution in [1.29, 1.82) is 0 Å². The van der Waals surface area contributed by atoms with Crippen LogP contribution in [0.25, 0.3) is 0 Å². The van der Waals surface area contributed by atoms with Gasteiger partial charge in [0.05, 0.1) is 25.4 Å². The first-order valence-corrected chi connectivity index (χ1v) is 17.0. The molecule has 8 heteroatoms. The largest absolute Gasteiger partial charge is 0.450 e. The van der Waals surface area contributed by atoms with Crippen molar-refractivity contribution < 1.29 is 32.6 Å². The average molecular weight is 581 g/mol. The van der Waals surface area contributed by atoms with Crippen LogP contribution in [0.5, 0.6) is 0 Å². The molecule has 1 aliphatic rings. The minimum absolute atomic E-state index is 0.173. The van der Waals surface area contributed by atoms with Crippen molar-refractivity contribution in [3.8, 4) is 0 Å². The zero-order valence-electron chi connectivity index (χ0n) is 24.1. The summed E-state index contributed by atoms with van der Waals surface area (Å²) in [7, 11) is -2.00. The second-order valence-electron chi connectivity index (χ2n) is 10.3. The molecular formula is C33H41FO6Si. The molecule has 3 aromatic rings. The lowest BCUT2D eigenvalue weighted by molar-refractivity contribution is -0.283. The van der Waals surface area contributed by atoms with Gasteiger partial charge in [0, 0.05) is 0 Å². The molecule has 0 aromatic heterocycles. The Bertz CT molecular complexity index is 1170. The third kappa shape index (κ3) is 8.33. The Hall–Kier alpha value is -2.88. The molecule has 1 fully saturated rings. The lowest BCUT2D eigenvalue weighted by atomic mass is 9.98. The number of benzene rings is 3. The molecule has 41 heavy (non-hydrogen) atoms. The maximum absolute atomic E-state index is 15.9. The topological polar surface area (TPSA) is 63.2 Å². The number of carbonyl (C=O) groups excluding carboxylic acids is 1. The number of hydrogen-bond acceptors (Lipinski definition) is 6. The van der Waals surface area contributed by atoms with Gasteiger partial charge in [0.15, 0.2) is 14.4 Å². The van der Waals surface area contributed by atoms with Gasteiger partial charge in [-0.2, -0.15) is 0 Å². The molecule has 0 spiro atoms. The highest BCUT2D eigenvalue weighted by atomic mass is 28.4. The highest BCUT2D eigenvalue weighted by molar-refractivity contribution is 6.73. The van der Waals surface area contributed by atoms with Crippen LogP contribution in [0.2, 0.25) is 18.1 Å². The summed E-state index contributed by atoms with van der Waals surface area (Å²) in [6, 6.07) is 30.7. The van der Waals surface area contributed by atoms with Gasteiger partial charge < -0.3 is 23.4 Å². The van der Waals surface area contributed by atoms with E-state index in [4.69, 9.17) is 23.4 Å². The van der Waals surface area contributed by atoms with E-state index in [0.29, 0.717) is 5.56 Å². The standard InChI is InChI=1S/C33H41FO6Si/c1-4-41(5-2,6-3)38-24-28-29(36-22-25-16-10-7-11-17-25)30(37-23-26-18-12-8-13-19-26)31(32(34)39-28)40-33(35)27-20-14-9-15-21-27/h7-21,28-32H,4-6,22-24H2,1-3H3/t28-,29-,30+,31-,32-/m1/s1. The van der Waals surface area contributed by atoms with Crippen LogP contribution in [-0.2, 0) is 36.6 Å². The first kappa shape index (κ1) is 31.1. The van der Waals surface area contributed by atoms with Crippen LogP contribution >= 0.6 is 0 Å². The lowest BCUT2D eigenvalue weighted by Crippen LogP contribution is -2.61. The second kappa shape index (κ2) is 15.4. The Morgan fingerprint density at radius 2 is 1.22 bits per heavy atom. The van der Waals surface area contributed by atoms with Crippen molar-refractivity contribution >= 4 is 14.3 Å². The van der Waals surface area contributed by atoms with Crippen molar-refractivity contribution in [2.75, 3.05) is 6.61 Å². The molecule has 1 aliphatic heterocycles. The molecule has 1 heterocycles. The van der Waals surface area contributed by atoms with Gasteiger partial charge in [0.25, 0.3) is 0 Å². The van der Waals surface area contributed by atoms with Crippen molar-refractivity contribution in [1.82, 2.24) is 0 Å². The number of alkyl halides is 1. The second-order valence-corrected chi connectivity index (χ2v) is 15.1. The van der Waals surface area contributed by atoms with Crippen LogP contribution in [0.1, 0.15) is 42.3 Å². The van der Waals surface area contributed by atoms with Crippen LogP contribution in [0.15, 0.2) is 91.0 Å². The predicted octanol–water partition coefficient (Wildman–Crippen LogP) is 7.10. The zero-order valence-corrected chi connectivity index (χ0v) is 25.1. The van der Waals surface area contributed by atoms with Crippen molar-refractivity contribution in [2.24, 2.45) is 0 Å². The number of carbonyl (C=O) groups is 1. The van der Waals surface area contributed by atoms with Crippen LogP contribution < -0.4 is 0 Å². The molecule has 0 aliphatic carbocycles. The van der Waals surface area contributed by atoms with E-state index in [-0.39, 0.29) is 19.8 Å². The number of halogens is 1. The molecule has 220 valence electrons. The maximum Gasteiger partial charge on any atom is 0.338 e. The lowest BCUT2D eigenvalue weighted by Gasteiger charge is -2.44. The van der Waals surface area contributed by atoms with Gasteiger partial charge in [-0.05, 0) is 41.4 Å². The summed E-state index contributed by atoms with van der Waals surface area (Å²) in [6.45, 7) is 7.05. The van der Waals surface area contributed by atoms with Crippen LogP contribution in [0.3, 0.4) is 0 Å². The maximum atomic E-state index is 15.9. The predicted molar refractivity (Wildman–Crippen MR) is 159 cm³/mol. The van der Waals surface area contributed by atoms with E-state index in [1.165, 1.54) is 0 Å². The number of esters is 1. The van der Waals surface area contributed by atoms with E-state index >= 15 is 4.39 Å². The zero-order chi connectivity index (χ0) is 29.1. The molecule has 0 saturated carbocycles. The van der Waals surface area contributed by atoms with Gasteiger partial charge in [-0.3, -0.25) is 0 Å². The summed E-state index contributed by atoms with van der Waals surface area (Å²) in [5.41, 5.74) is 2.18. The van der Waals surface area contributed by atoms with Gasteiger partial charge in [0.2, 0.25) is 6.36 Å². The Morgan fingerprint density at radius 1 is 0.732 bits per heavy atom. The molecule has 4 rings (SSSR count).